The van der Waals surface area contributed by atoms with Gasteiger partial charge in [-0.25, -0.2) is 0 Å². The second-order valence-corrected chi connectivity index (χ2v) is 5.95. The van der Waals surface area contributed by atoms with Crippen molar-refractivity contribution < 1.29 is 38.0 Å². The van der Waals surface area contributed by atoms with Crippen molar-refractivity contribution in [2.75, 3.05) is 67.5 Å². The molecule has 0 radical (unpaired) electrons. The molecule has 1 aromatic carbocycles. The molecule has 0 aliphatic heterocycles. The summed E-state index contributed by atoms with van der Waals surface area (Å²) in [6.45, 7) is 2.94. The van der Waals surface area contributed by atoms with E-state index in [4.69, 9.17) is 23.7 Å². The van der Waals surface area contributed by atoms with Gasteiger partial charge in [0.1, 0.15) is 18.4 Å². The van der Waals surface area contributed by atoms with Crippen LogP contribution in [0, 0.1) is 0 Å². The molecule has 1 rings (SSSR count). The van der Waals surface area contributed by atoms with Crippen molar-refractivity contribution in [3.05, 3.63) is 29.8 Å². The minimum absolute atomic E-state index is 0.0745. The van der Waals surface area contributed by atoms with Crippen molar-refractivity contribution in [1.29, 1.82) is 0 Å². The van der Waals surface area contributed by atoms with Gasteiger partial charge in [-0.2, -0.15) is 0 Å². The molecule has 0 aliphatic carbocycles. The van der Waals surface area contributed by atoms with Crippen LogP contribution in [0.3, 0.4) is 0 Å². The van der Waals surface area contributed by atoms with E-state index in [-0.39, 0.29) is 6.54 Å². The average Bonchev–Trinajstić information content (AvgIpc) is 2.75. The number of hydrogen-bond acceptors (Lipinski definition) is 9. The Labute approximate surface area is 171 Å². The fourth-order valence-electron chi connectivity index (χ4n) is 2.30. The standard InChI is InChI=1S/C20H31NO8/c1-24-8-9-27-10-11-28-12-13-29-17-6-4-16(5-7-17)14-18(20(23)26-3)21-15-19(22)25-2/h4-7,18,21H,8-15H2,1-3H3/t18-/m0/s1. The van der Waals surface area contributed by atoms with E-state index in [2.05, 4.69) is 10.1 Å². The minimum atomic E-state index is -0.648. The first-order valence-electron chi connectivity index (χ1n) is 9.35. The summed E-state index contributed by atoms with van der Waals surface area (Å²) < 4.78 is 30.6. The number of ether oxygens (including phenoxy) is 6. The van der Waals surface area contributed by atoms with Gasteiger partial charge in [0.15, 0.2) is 0 Å². The largest absolute Gasteiger partial charge is 0.491 e. The van der Waals surface area contributed by atoms with Crippen LogP contribution in [-0.4, -0.2) is 85.5 Å². The van der Waals surface area contributed by atoms with E-state index in [0.717, 1.165) is 5.56 Å². The fraction of sp³-hybridized carbons (Fsp3) is 0.600. The number of esters is 2. The first-order chi connectivity index (χ1) is 14.1. The Bertz CT molecular complexity index is 578. The first-order valence-corrected chi connectivity index (χ1v) is 9.35. The molecule has 164 valence electrons. The average molecular weight is 413 g/mol. The third-order valence-electron chi connectivity index (χ3n) is 3.87. The van der Waals surface area contributed by atoms with Crippen LogP contribution < -0.4 is 10.1 Å². The number of carbonyl (C=O) groups excluding carboxylic acids is 2. The maximum atomic E-state index is 11.9. The van der Waals surface area contributed by atoms with Crippen molar-refractivity contribution in [3.63, 3.8) is 0 Å². The Morgan fingerprint density at radius 3 is 2.07 bits per heavy atom. The SMILES string of the molecule is COCCOCCOCCOc1ccc(C[C@H](NCC(=O)OC)C(=O)OC)cc1. The Kier molecular flexibility index (Phi) is 13.4. The van der Waals surface area contributed by atoms with E-state index < -0.39 is 18.0 Å². The Balaban J connectivity index is 2.32. The Morgan fingerprint density at radius 1 is 0.862 bits per heavy atom. The van der Waals surface area contributed by atoms with Gasteiger partial charge < -0.3 is 28.4 Å². The van der Waals surface area contributed by atoms with Crippen LogP contribution in [0.25, 0.3) is 0 Å². The van der Waals surface area contributed by atoms with E-state index in [0.29, 0.717) is 51.8 Å². The van der Waals surface area contributed by atoms with Gasteiger partial charge >= 0.3 is 11.9 Å². The first kappa shape index (κ1) is 24.8. The predicted molar refractivity (Wildman–Crippen MR) is 105 cm³/mol. The molecule has 0 saturated carbocycles. The maximum absolute atomic E-state index is 11.9. The van der Waals surface area contributed by atoms with Crippen LogP contribution in [-0.2, 0) is 39.7 Å². The van der Waals surface area contributed by atoms with Gasteiger partial charge in [-0.3, -0.25) is 14.9 Å². The highest BCUT2D eigenvalue weighted by Crippen LogP contribution is 2.14. The van der Waals surface area contributed by atoms with Gasteiger partial charge in [-0.15, -0.1) is 0 Å². The lowest BCUT2D eigenvalue weighted by atomic mass is 10.1. The second kappa shape index (κ2) is 15.7. The predicted octanol–water partition coefficient (Wildman–Crippen LogP) is 0.592. The zero-order valence-corrected chi connectivity index (χ0v) is 17.3. The molecule has 0 bridgehead atoms. The molecule has 0 saturated heterocycles. The van der Waals surface area contributed by atoms with E-state index in [1.54, 1.807) is 7.11 Å². The summed E-state index contributed by atoms with van der Waals surface area (Å²) >= 11 is 0. The number of benzene rings is 1. The summed E-state index contributed by atoms with van der Waals surface area (Å²) in [6.07, 6.45) is 0.371. The molecule has 29 heavy (non-hydrogen) atoms. The highest BCUT2D eigenvalue weighted by Gasteiger charge is 2.20. The van der Waals surface area contributed by atoms with Crippen LogP contribution in [0.15, 0.2) is 24.3 Å². The number of rotatable bonds is 16. The number of nitrogens with one attached hydrogen (secondary N) is 1. The summed E-state index contributed by atoms with van der Waals surface area (Å²) in [5.41, 5.74) is 0.898. The number of carbonyl (C=O) groups is 2. The smallest absolute Gasteiger partial charge is 0.323 e. The van der Waals surface area contributed by atoms with Crippen molar-refractivity contribution in [3.8, 4) is 5.75 Å². The molecule has 9 nitrogen and oxygen atoms in total. The van der Waals surface area contributed by atoms with Crippen molar-refractivity contribution >= 4 is 11.9 Å². The Morgan fingerprint density at radius 2 is 1.48 bits per heavy atom. The van der Waals surface area contributed by atoms with Crippen LogP contribution in [0.4, 0.5) is 0 Å². The van der Waals surface area contributed by atoms with Gasteiger partial charge in [0.25, 0.3) is 0 Å². The van der Waals surface area contributed by atoms with Crippen LogP contribution in [0.1, 0.15) is 5.56 Å². The molecule has 1 atom stereocenters. The molecule has 0 unspecified atom stereocenters. The molecule has 0 aromatic heterocycles. The minimum Gasteiger partial charge on any atom is -0.491 e. The number of hydrogen-bond donors (Lipinski definition) is 1. The summed E-state index contributed by atoms with van der Waals surface area (Å²) in [6, 6.07) is 6.70. The van der Waals surface area contributed by atoms with Gasteiger partial charge in [-0.05, 0) is 24.1 Å². The highest BCUT2D eigenvalue weighted by atomic mass is 16.6. The summed E-state index contributed by atoms with van der Waals surface area (Å²) in [5, 5.41) is 2.84. The second-order valence-electron chi connectivity index (χ2n) is 5.95. The molecule has 9 heteroatoms. The molecule has 0 spiro atoms. The van der Waals surface area contributed by atoms with Crippen molar-refractivity contribution in [1.82, 2.24) is 5.32 Å². The van der Waals surface area contributed by atoms with E-state index in [9.17, 15) is 9.59 Å². The van der Waals surface area contributed by atoms with E-state index in [1.165, 1.54) is 14.2 Å². The van der Waals surface area contributed by atoms with Gasteiger partial charge in [-0.1, -0.05) is 12.1 Å². The molecule has 0 heterocycles. The van der Waals surface area contributed by atoms with E-state index in [1.807, 2.05) is 24.3 Å². The van der Waals surface area contributed by atoms with Gasteiger partial charge in [0.05, 0.1) is 53.8 Å². The molecular weight excluding hydrogens is 382 g/mol. The monoisotopic (exact) mass is 413 g/mol. The summed E-state index contributed by atoms with van der Waals surface area (Å²) in [5.74, 6) is -0.199. The van der Waals surface area contributed by atoms with Crippen molar-refractivity contribution in [2.24, 2.45) is 0 Å². The third kappa shape index (κ3) is 11.4. The van der Waals surface area contributed by atoms with Crippen LogP contribution in [0.2, 0.25) is 0 Å². The lowest BCUT2D eigenvalue weighted by Crippen LogP contribution is -2.42. The van der Waals surface area contributed by atoms with Gasteiger partial charge in [0, 0.05) is 7.11 Å². The molecule has 0 amide bonds. The zero-order chi connectivity index (χ0) is 21.3. The molecule has 0 aliphatic rings. The highest BCUT2D eigenvalue weighted by molar-refractivity contribution is 5.78. The normalized spacial score (nSPS) is 11.7. The lowest BCUT2D eigenvalue weighted by molar-refractivity contribution is -0.144. The third-order valence-corrected chi connectivity index (χ3v) is 3.87. The Hall–Kier alpha value is -2.20. The van der Waals surface area contributed by atoms with Gasteiger partial charge in [0.2, 0.25) is 0 Å². The molecular formula is C20H31NO8. The summed E-state index contributed by atoms with van der Waals surface area (Å²) in [4.78, 5) is 23.2. The van der Waals surface area contributed by atoms with Crippen LogP contribution >= 0.6 is 0 Å². The van der Waals surface area contributed by atoms with Crippen molar-refractivity contribution in [2.45, 2.75) is 12.5 Å². The maximum Gasteiger partial charge on any atom is 0.323 e. The summed E-state index contributed by atoms with van der Waals surface area (Å²) in [7, 11) is 4.22. The fourth-order valence-corrected chi connectivity index (χ4v) is 2.30. The quantitative estimate of drug-likeness (QED) is 0.308. The molecule has 0 fully saturated rings. The van der Waals surface area contributed by atoms with E-state index >= 15 is 0 Å². The molecule has 1 aromatic rings. The number of methoxy groups -OCH3 is 3. The van der Waals surface area contributed by atoms with Crippen LogP contribution in [0.5, 0.6) is 5.75 Å². The zero-order valence-electron chi connectivity index (χ0n) is 17.3. The topological polar surface area (TPSA) is 102 Å². The lowest BCUT2D eigenvalue weighted by Gasteiger charge is -2.16. The molecule has 1 N–H and O–H groups in total.